The van der Waals surface area contributed by atoms with Crippen LogP contribution in [0.3, 0.4) is 0 Å². The van der Waals surface area contributed by atoms with Gasteiger partial charge in [0, 0.05) is 12.6 Å². The summed E-state index contributed by atoms with van der Waals surface area (Å²) in [7, 11) is 4.18. The number of carbonyl (C=O) groups excluding carboxylic acids is 1. The van der Waals surface area contributed by atoms with E-state index in [1.54, 1.807) is 0 Å². The molecule has 4 heteroatoms. The van der Waals surface area contributed by atoms with E-state index in [2.05, 4.69) is 63.8 Å². The molecule has 124 valence electrons. The average Bonchev–Trinajstić information content (AvgIpc) is 2.73. The smallest absolute Gasteiger partial charge is 0.241 e. The maximum atomic E-state index is 12.9. The molecule has 1 amide bonds. The molecule has 1 fully saturated rings. The van der Waals surface area contributed by atoms with Crippen LogP contribution in [0, 0.1) is 11.8 Å². The lowest BCUT2D eigenvalue weighted by Gasteiger charge is -2.35. The van der Waals surface area contributed by atoms with Gasteiger partial charge in [0.15, 0.2) is 0 Å². The van der Waals surface area contributed by atoms with Gasteiger partial charge in [0.25, 0.3) is 0 Å². The van der Waals surface area contributed by atoms with Crippen molar-refractivity contribution in [3.05, 3.63) is 0 Å². The standard InChI is InChI=1S/C17H35N3O/c1-8-13(5)16-17(21)20(15(9-2)18-16)14(10-12(3)4)11-19(6)7/h12-16,18H,8-11H2,1-7H3. The summed E-state index contributed by atoms with van der Waals surface area (Å²) in [6.07, 6.45) is 3.27. The highest BCUT2D eigenvalue weighted by Gasteiger charge is 2.43. The molecule has 0 radical (unpaired) electrons. The number of rotatable bonds is 8. The van der Waals surface area contributed by atoms with Crippen LogP contribution < -0.4 is 5.32 Å². The molecule has 0 spiro atoms. The molecular weight excluding hydrogens is 262 g/mol. The van der Waals surface area contributed by atoms with Crippen molar-refractivity contribution in [3.63, 3.8) is 0 Å². The van der Waals surface area contributed by atoms with Gasteiger partial charge in [0.05, 0.1) is 12.2 Å². The molecule has 0 aromatic carbocycles. The predicted octanol–water partition coefficient (Wildman–Crippen LogP) is 2.55. The summed E-state index contributed by atoms with van der Waals surface area (Å²) in [6.45, 7) is 11.9. The molecule has 0 bridgehead atoms. The molecular formula is C17H35N3O. The minimum Gasteiger partial charge on any atom is -0.322 e. The van der Waals surface area contributed by atoms with Crippen LogP contribution in [0.5, 0.6) is 0 Å². The second-order valence-corrected chi connectivity index (χ2v) is 7.25. The van der Waals surface area contributed by atoms with Crippen molar-refractivity contribution in [2.75, 3.05) is 20.6 Å². The van der Waals surface area contributed by atoms with Gasteiger partial charge in [-0.3, -0.25) is 10.1 Å². The summed E-state index contributed by atoms with van der Waals surface area (Å²) in [4.78, 5) is 17.3. The Morgan fingerprint density at radius 2 is 1.86 bits per heavy atom. The summed E-state index contributed by atoms with van der Waals surface area (Å²) in [5, 5.41) is 3.58. The van der Waals surface area contributed by atoms with Crippen molar-refractivity contribution in [1.82, 2.24) is 15.1 Å². The zero-order valence-electron chi connectivity index (χ0n) is 15.0. The summed E-state index contributed by atoms with van der Waals surface area (Å²) in [5.74, 6) is 1.31. The van der Waals surface area contributed by atoms with Crippen molar-refractivity contribution in [2.24, 2.45) is 11.8 Å². The quantitative estimate of drug-likeness (QED) is 0.748. The molecule has 4 atom stereocenters. The van der Waals surface area contributed by atoms with Gasteiger partial charge >= 0.3 is 0 Å². The van der Waals surface area contributed by atoms with Gasteiger partial charge in [0.2, 0.25) is 5.91 Å². The van der Waals surface area contributed by atoms with Crippen molar-refractivity contribution < 1.29 is 4.79 Å². The second-order valence-electron chi connectivity index (χ2n) is 7.25. The van der Waals surface area contributed by atoms with E-state index in [-0.39, 0.29) is 12.2 Å². The van der Waals surface area contributed by atoms with Gasteiger partial charge in [-0.05, 0) is 38.8 Å². The van der Waals surface area contributed by atoms with Crippen LogP contribution in [0.15, 0.2) is 0 Å². The highest BCUT2D eigenvalue weighted by atomic mass is 16.2. The van der Waals surface area contributed by atoms with Gasteiger partial charge in [0.1, 0.15) is 0 Å². The Bertz CT molecular complexity index is 320. The van der Waals surface area contributed by atoms with Crippen molar-refractivity contribution in [1.29, 1.82) is 0 Å². The van der Waals surface area contributed by atoms with Gasteiger partial charge in [-0.15, -0.1) is 0 Å². The fourth-order valence-electron chi connectivity index (χ4n) is 3.31. The third kappa shape index (κ3) is 4.68. The lowest BCUT2D eigenvalue weighted by atomic mass is 9.98. The molecule has 0 aromatic rings. The van der Waals surface area contributed by atoms with E-state index in [1.165, 1.54) is 0 Å². The molecule has 1 N–H and O–H groups in total. The molecule has 0 saturated carbocycles. The maximum Gasteiger partial charge on any atom is 0.241 e. The van der Waals surface area contributed by atoms with E-state index in [0.717, 1.165) is 25.8 Å². The molecule has 1 saturated heterocycles. The topological polar surface area (TPSA) is 35.6 Å². The fraction of sp³-hybridized carbons (Fsp3) is 0.941. The second kappa shape index (κ2) is 8.14. The number of nitrogens with zero attached hydrogens (tertiary/aromatic N) is 2. The van der Waals surface area contributed by atoms with E-state index in [4.69, 9.17) is 0 Å². The SMILES string of the molecule is CCC(C)C1NC(CC)N(C(CC(C)C)CN(C)C)C1=O. The van der Waals surface area contributed by atoms with Crippen LogP contribution in [-0.4, -0.2) is 54.6 Å². The fourth-order valence-corrected chi connectivity index (χ4v) is 3.31. The summed E-state index contributed by atoms with van der Waals surface area (Å²) >= 11 is 0. The van der Waals surface area contributed by atoms with Crippen LogP contribution in [0.2, 0.25) is 0 Å². The van der Waals surface area contributed by atoms with Gasteiger partial charge in [-0.2, -0.15) is 0 Å². The Hall–Kier alpha value is -0.610. The summed E-state index contributed by atoms with van der Waals surface area (Å²) in [6, 6.07) is 0.302. The molecule has 0 aliphatic carbocycles. The van der Waals surface area contributed by atoms with Crippen LogP contribution in [0.25, 0.3) is 0 Å². The molecule has 0 aromatic heterocycles. The Labute approximate surface area is 131 Å². The van der Waals surface area contributed by atoms with Crippen LogP contribution in [0.1, 0.15) is 53.9 Å². The molecule has 21 heavy (non-hydrogen) atoms. The van der Waals surface area contributed by atoms with Crippen LogP contribution in [0.4, 0.5) is 0 Å². The Balaban J connectivity index is 2.94. The molecule has 1 aliphatic rings. The van der Waals surface area contributed by atoms with Gasteiger partial charge in [-0.25, -0.2) is 0 Å². The van der Waals surface area contributed by atoms with E-state index in [0.29, 0.717) is 23.8 Å². The molecule has 4 nitrogen and oxygen atoms in total. The summed E-state index contributed by atoms with van der Waals surface area (Å²) < 4.78 is 0. The predicted molar refractivity (Wildman–Crippen MR) is 89.1 cm³/mol. The van der Waals surface area contributed by atoms with Crippen molar-refractivity contribution in [3.8, 4) is 0 Å². The Morgan fingerprint density at radius 1 is 1.24 bits per heavy atom. The van der Waals surface area contributed by atoms with Crippen LogP contribution >= 0.6 is 0 Å². The molecule has 4 unspecified atom stereocenters. The van der Waals surface area contributed by atoms with Crippen molar-refractivity contribution >= 4 is 5.91 Å². The highest BCUT2D eigenvalue weighted by Crippen LogP contribution is 2.26. The maximum absolute atomic E-state index is 12.9. The zero-order valence-corrected chi connectivity index (χ0v) is 15.0. The number of amides is 1. The lowest BCUT2D eigenvalue weighted by Crippen LogP contribution is -2.49. The lowest BCUT2D eigenvalue weighted by molar-refractivity contribution is -0.133. The highest BCUT2D eigenvalue weighted by molar-refractivity contribution is 5.85. The number of hydrogen-bond donors (Lipinski definition) is 1. The summed E-state index contributed by atoms with van der Waals surface area (Å²) in [5.41, 5.74) is 0. The molecule has 1 aliphatic heterocycles. The van der Waals surface area contributed by atoms with E-state index in [1.807, 2.05) is 0 Å². The number of nitrogens with one attached hydrogen (secondary N) is 1. The Kier molecular flexibility index (Phi) is 7.14. The minimum atomic E-state index is -0.00299. The first-order valence-corrected chi connectivity index (χ1v) is 8.54. The van der Waals surface area contributed by atoms with E-state index >= 15 is 0 Å². The first-order chi connectivity index (χ1) is 9.81. The largest absolute Gasteiger partial charge is 0.322 e. The third-order valence-corrected chi connectivity index (χ3v) is 4.54. The van der Waals surface area contributed by atoms with E-state index < -0.39 is 0 Å². The first kappa shape index (κ1) is 18.4. The molecule has 1 heterocycles. The number of hydrogen-bond acceptors (Lipinski definition) is 3. The monoisotopic (exact) mass is 297 g/mol. The minimum absolute atomic E-state index is 0.00299. The Morgan fingerprint density at radius 3 is 2.29 bits per heavy atom. The average molecular weight is 297 g/mol. The molecule has 1 rings (SSSR count). The normalized spacial score (nSPS) is 26.0. The van der Waals surface area contributed by atoms with Crippen molar-refractivity contribution in [2.45, 2.75) is 72.1 Å². The third-order valence-electron chi connectivity index (χ3n) is 4.54. The number of carbonyl (C=O) groups is 1. The van der Waals surface area contributed by atoms with Crippen LogP contribution in [-0.2, 0) is 4.79 Å². The van der Waals surface area contributed by atoms with Gasteiger partial charge in [-0.1, -0.05) is 41.0 Å². The first-order valence-electron chi connectivity index (χ1n) is 8.54. The number of likely N-dealkylation sites (N-methyl/N-ethyl adjacent to an activating group) is 1. The van der Waals surface area contributed by atoms with E-state index in [9.17, 15) is 4.79 Å². The zero-order chi connectivity index (χ0) is 16.2. The van der Waals surface area contributed by atoms with Gasteiger partial charge < -0.3 is 9.80 Å².